The molecule has 0 aliphatic carbocycles. The van der Waals surface area contributed by atoms with Crippen LogP contribution in [0.3, 0.4) is 0 Å². The van der Waals surface area contributed by atoms with Crippen LogP contribution in [0.15, 0.2) is 42.5 Å². The molecule has 0 bridgehead atoms. The molecule has 8 nitrogen and oxygen atoms in total. The lowest BCUT2D eigenvalue weighted by atomic mass is 10.1. The van der Waals surface area contributed by atoms with Crippen LogP contribution in [-0.4, -0.2) is 55.9 Å². The van der Waals surface area contributed by atoms with Crippen molar-refractivity contribution in [3.8, 4) is 5.75 Å². The minimum atomic E-state index is -0.324. The van der Waals surface area contributed by atoms with Crippen molar-refractivity contribution in [2.45, 2.75) is 20.8 Å². The standard InChI is InChI=1S/C23H30N4O4/c1-5-27(15-23(30)25-18-9-11-19(31-4)12-10-18)14-22(29)24-13-21(28)26-20-8-6-7-16(2)17(20)3/h6-12H,5,13-15H2,1-4H3,(H,24,29)(H,25,30)(H,26,28). The van der Waals surface area contributed by atoms with E-state index in [0.717, 1.165) is 16.8 Å². The van der Waals surface area contributed by atoms with E-state index < -0.39 is 0 Å². The van der Waals surface area contributed by atoms with Crippen molar-refractivity contribution in [3.63, 3.8) is 0 Å². The first kappa shape index (κ1) is 23.9. The van der Waals surface area contributed by atoms with Gasteiger partial charge < -0.3 is 20.7 Å². The number of methoxy groups -OCH3 is 1. The van der Waals surface area contributed by atoms with Gasteiger partial charge in [-0.3, -0.25) is 19.3 Å². The fourth-order valence-electron chi connectivity index (χ4n) is 2.88. The largest absolute Gasteiger partial charge is 0.497 e. The third kappa shape index (κ3) is 7.75. The number of benzene rings is 2. The fourth-order valence-corrected chi connectivity index (χ4v) is 2.88. The molecule has 0 aliphatic heterocycles. The summed E-state index contributed by atoms with van der Waals surface area (Å²) in [7, 11) is 1.57. The van der Waals surface area contributed by atoms with E-state index in [-0.39, 0.29) is 37.4 Å². The summed E-state index contributed by atoms with van der Waals surface area (Å²) in [5.41, 5.74) is 3.44. The van der Waals surface area contributed by atoms with Gasteiger partial charge in [-0.1, -0.05) is 19.1 Å². The number of carbonyl (C=O) groups is 3. The number of aryl methyl sites for hydroxylation is 1. The van der Waals surface area contributed by atoms with E-state index in [9.17, 15) is 14.4 Å². The Morgan fingerprint density at radius 2 is 1.58 bits per heavy atom. The van der Waals surface area contributed by atoms with Gasteiger partial charge in [0.15, 0.2) is 0 Å². The molecule has 3 N–H and O–H groups in total. The fraction of sp³-hybridized carbons (Fsp3) is 0.348. The first-order valence-electron chi connectivity index (χ1n) is 10.1. The molecule has 0 radical (unpaired) electrons. The van der Waals surface area contributed by atoms with Crippen LogP contribution < -0.4 is 20.7 Å². The Kier molecular flexibility index (Phi) is 9.02. The highest BCUT2D eigenvalue weighted by Crippen LogP contribution is 2.17. The van der Waals surface area contributed by atoms with Gasteiger partial charge in [-0.05, 0) is 61.9 Å². The van der Waals surface area contributed by atoms with Crippen molar-refractivity contribution in [1.82, 2.24) is 10.2 Å². The molecular weight excluding hydrogens is 396 g/mol. The van der Waals surface area contributed by atoms with Crippen LogP contribution in [-0.2, 0) is 14.4 Å². The van der Waals surface area contributed by atoms with Gasteiger partial charge in [0.05, 0.1) is 26.7 Å². The number of amides is 3. The van der Waals surface area contributed by atoms with E-state index in [1.54, 1.807) is 36.3 Å². The van der Waals surface area contributed by atoms with Crippen LogP contribution in [0.5, 0.6) is 5.75 Å². The SMILES string of the molecule is CCN(CC(=O)NCC(=O)Nc1cccc(C)c1C)CC(=O)Nc1ccc(OC)cc1. The van der Waals surface area contributed by atoms with Crippen molar-refractivity contribution in [1.29, 1.82) is 0 Å². The minimum absolute atomic E-state index is 0.0171. The molecule has 0 spiro atoms. The molecule has 8 heteroatoms. The Hall–Kier alpha value is -3.39. The molecule has 166 valence electrons. The lowest BCUT2D eigenvalue weighted by molar-refractivity contribution is -0.125. The van der Waals surface area contributed by atoms with Crippen molar-refractivity contribution in [3.05, 3.63) is 53.6 Å². The number of hydrogen-bond acceptors (Lipinski definition) is 5. The second kappa shape index (κ2) is 11.7. The summed E-state index contributed by atoms with van der Waals surface area (Å²) in [6, 6.07) is 12.7. The summed E-state index contributed by atoms with van der Waals surface area (Å²) >= 11 is 0. The molecule has 2 aromatic carbocycles. The van der Waals surface area contributed by atoms with Gasteiger partial charge in [0.1, 0.15) is 5.75 Å². The van der Waals surface area contributed by atoms with E-state index >= 15 is 0 Å². The van der Waals surface area contributed by atoms with Crippen molar-refractivity contribution < 1.29 is 19.1 Å². The average molecular weight is 427 g/mol. The Morgan fingerprint density at radius 3 is 2.23 bits per heavy atom. The molecule has 0 unspecified atom stereocenters. The van der Waals surface area contributed by atoms with Gasteiger partial charge >= 0.3 is 0 Å². The average Bonchev–Trinajstić information content (AvgIpc) is 2.75. The molecular formula is C23H30N4O4. The minimum Gasteiger partial charge on any atom is -0.497 e. The number of rotatable bonds is 10. The molecule has 0 heterocycles. The van der Waals surface area contributed by atoms with E-state index in [4.69, 9.17) is 4.74 Å². The number of nitrogens with one attached hydrogen (secondary N) is 3. The maximum absolute atomic E-state index is 12.3. The summed E-state index contributed by atoms with van der Waals surface area (Å²) in [6.07, 6.45) is 0. The number of likely N-dealkylation sites (N-methyl/N-ethyl adjacent to an activating group) is 1. The van der Waals surface area contributed by atoms with Crippen molar-refractivity contribution >= 4 is 29.1 Å². The predicted octanol–water partition coefficient (Wildman–Crippen LogP) is 2.33. The van der Waals surface area contributed by atoms with Gasteiger partial charge in [-0.15, -0.1) is 0 Å². The third-order valence-corrected chi connectivity index (χ3v) is 4.88. The molecule has 2 rings (SSSR count). The second-order valence-electron chi connectivity index (χ2n) is 7.15. The summed E-state index contributed by atoms with van der Waals surface area (Å²) in [6.45, 7) is 6.21. The van der Waals surface area contributed by atoms with Crippen LogP contribution in [0.4, 0.5) is 11.4 Å². The highest BCUT2D eigenvalue weighted by molar-refractivity contribution is 5.96. The normalized spacial score (nSPS) is 10.5. The highest BCUT2D eigenvalue weighted by atomic mass is 16.5. The second-order valence-corrected chi connectivity index (χ2v) is 7.15. The van der Waals surface area contributed by atoms with Crippen molar-refractivity contribution in [2.24, 2.45) is 0 Å². The van der Waals surface area contributed by atoms with Gasteiger partial charge in [0, 0.05) is 11.4 Å². The quantitative estimate of drug-likeness (QED) is 0.542. The van der Waals surface area contributed by atoms with E-state index in [1.165, 1.54) is 0 Å². The number of hydrogen-bond donors (Lipinski definition) is 3. The zero-order valence-corrected chi connectivity index (χ0v) is 18.5. The van der Waals surface area contributed by atoms with Crippen LogP contribution in [0.1, 0.15) is 18.1 Å². The van der Waals surface area contributed by atoms with E-state index in [2.05, 4.69) is 16.0 Å². The molecule has 2 aromatic rings. The molecule has 0 saturated heterocycles. The zero-order chi connectivity index (χ0) is 22.8. The first-order chi connectivity index (χ1) is 14.8. The zero-order valence-electron chi connectivity index (χ0n) is 18.5. The lowest BCUT2D eigenvalue weighted by Gasteiger charge is -2.19. The smallest absolute Gasteiger partial charge is 0.243 e. The Labute approximate surface area is 183 Å². The molecule has 0 fully saturated rings. The summed E-state index contributed by atoms with van der Waals surface area (Å²) in [5, 5.41) is 8.19. The highest BCUT2D eigenvalue weighted by Gasteiger charge is 2.14. The maximum atomic E-state index is 12.3. The molecule has 0 aromatic heterocycles. The maximum Gasteiger partial charge on any atom is 0.243 e. The molecule has 3 amide bonds. The summed E-state index contributed by atoms with van der Waals surface area (Å²) in [5.74, 6) is -0.156. The monoisotopic (exact) mass is 426 g/mol. The topological polar surface area (TPSA) is 99.8 Å². The van der Waals surface area contributed by atoms with Crippen LogP contribution in [0, 0.1) is 13.8 Å². The predicted molar refractivity (Wildman–Crippen MR) is 121 cm³/mol. The molecule has 0 saturated carbocycles. The third-order valence-electron chi connectivity index (χ3n) is 4.88. The molecule has 31 heavy (non-hydrogen) atoms. The van der Waals surface area contributed by atoms with Gasteiger partial charge in [-0.2, -0.15) is 0 Å². The van der Waals surface area contributed by atoms with Gasteiger partial charge in [0.2, 0.25) is 17.7 Å². The Morgan fingerprint density at radius 1 is 0.903 bits per heavy atom. The molecule has 0 atom stereocenters. The summed E-state index contributed by atoms with van der Waals surface area (Å²) < 4.78 is 5.09. The van der Waals surface area contributed by atoms with Crippen molar-refractivity contribution in [2.75, 3.05) is 43.9 Å². The van der Waals surface area contributed by atoms with Gasteiger partial charge in [0.25, 0.3) is 0 Å². The number of ether oxygens (including phenoxy) is 1. The summed E-state index contributed by atoms with van der Waals surface area (Å²) in [4.78, 5) is 38.3. The number of carbonyl (C=O) groups excluding carboxylic acids is 3. The number of nitrogens with zero attached hydrogens (tertiary/aromatic N) is 1. The Balaban J connectivity index is 1.77. The van der Waals surface area contributed by atoms with Crippen LogP contribution >= 0.6 is 0 Å². The number of anilines is 2. The first-order valence-corrected chi connectivity index (χ1v) is 10.1. The van der Waals surface area contributed by atoms with Gasteiger partial charge in [-0.25, -0.2) is 0 Å². The van der Waals surface area contributed by atoms with Crippen LogP contribution in [0.25, 0.3) is 0 Å². The van der Waals surface area contributed by atoms with Crippen LogP contribution in [0.2, 0.25) is 0 Å². The Bertz CT molecular complexity index is 912. The van der Waals surface area contributed by atoms with E-state index in [1.807, 2.05) is 39.0 Å². The lowest BCUT2D eigenvalue weighted by Crippen LogP contribution is -2.43. The van der Waals surface area contributed by atoms with E-state index in [0.29, 0.717) is 18.0 Å². The molecule has 0 aliphatic rings.